The standard InChI is InChI=1S/C48H49N6/c1-46(2,3)37-19-10-31(11-20-37)40-25-16-34(28-49-40)43-52-44(35-17-26-41(50-29-35)32-12-21-38(22-13-32)47(4,5)6)54-45(53-43)36-18-27-42(51-30-36)33-14-23-39(24-15-33)48(7,8)9/h10-30,40H,1-9H3/q-1. The number of hydrogen-bond donors (Lipinski definition) is 0. The van der Waals surface area contributed by atoms with Crippen molar-refractivity contribution in [2.45, 2.75) is 84.6 Å². The van der Waals surface area contributed by atoms with E-state index in [0.717, 1.165) is 44.8 Å². The molecule has 4 heterocycles. The van der Waals surface area contributed by atoms with Crippen LogP contribution in [0, 0.1) is 0 Å². The predicted octanol–water partition coefficient (Wildman–Crippen LogP) is 12.2. The molecule has 0 aliphatic carbocycles. The smallest absolute Gasteiger partial charge is 0.165 e. The molecule has 0 fully saturated rings. The van der Waals surface area contributed by atoms with Gasteiger partial charge in [0.05, 0.1) is 11.4 Å². The van der Waals surface area contributed by atoms with Crippen LogP contribution in [0.2, 0.25) is 0 Å². The molecule has 1 aliphatic heterocycles. The van der Waals surface area contributed by atoms with Gasteiger partial charge in [-0.05, 0) is 62.8 Å². The van der Waals surface area contributed by atoms with Crippen molar-refractivity contribution in [2.24, 2.45) is 0 Å². The van der Waals surface area contributed by atoms with Crippen molar-refractivity contribution < 1.29 is 0 Å². The molecule has 0 saturated carbocycles. The highest BCUT2D eigenvalue weighted by atomic mass is 15.0. The van der Waals surface area contributed by atoms with Gasteiger partial charge in [0.2, 0.25) is 0 Å². The number of benzene rings is 3. The van der Waals surface area contributed by atoms with E-state index in [1.807, 2.05) is 42.9 Å². The van der Waals surface area contributed by atoms with Gasteiger partial charge in [0.25, 0.3) is 0 Å². The van der Waals surface area contributed by atoms with Gasteiger partial charge in [-0.2, -0.15) is 6.20 Å². The molecule has 6 aromatic rings. The Labute approximate surface area is 320 Å². The van der Waals surface area contributed by atoms with E-state index in [1.165, 1.54) is 16.7 Å². The monoisotopic (exact) mass is 709 g/mol. The molecular formula is C48H49N6-. The Bertz CT molecular complexity index is 2180. The van der Waals surface area contributed by atoms with Crippen LogP contribution in [0.5, 0.6) is 0 Å². The Morgan fingerprint density at radius 1 is 0.444 bits per heavy atom. The summed E-state index contributed by atoms with van der Waals surface area (Å²) in [6, 6.07) is 34.0. The first kappa shape index (κ1) is 36.6. The van der Waals surface area contributed by atoms with Crippen LogP contribution >= 0.6 is 0 Å². The molecule has 0 N–H and O–H groups in total. The van der Waals surface area contributed by atoms with Gasteiger partial charge in [0.15, 0.2) is 17.5 Å². The highest BCUT2D eigenvalue weighted by Crippen LogP contribution is 2.35. The van der Waals surface area contributed by atoms with Gasteiger partial charge < -0.3 is 5.32 Å². The fourth-order valence-electron chi connectivity index (χ4n) is 6.40. The fourth-order valence-corrected chi connectivity index (χ4v) is 6.40. The van der Waals surface area contributed by atoms with Crippen LogP contribution in [0.25, 0.3) is 56.2 Å². The van der Waals surface area contributed by atoms with E-state index in [2.05, 4.69) is 147 Å². The van der Waals surface area contributed by atoms with Crippen molar-refractivity contribution in [1.29, 1.82) is 0 Å². The molecule has 1 aliphatic rings. The second-order valence-electron chi connectivity index (χ2n) is 17.2. The van der Waals surface area contributed by atoms with E-state index in [1.54, 1.807) is 0 Å². The Balaban J connectivity index is 1.20. The average molecular weight is 710 g/mol. The largest absolute Gasteiger partial charge is 0.681 e. The Morgan fingerprint density at radius 3 is 1.19 bits per heavy atom. The zero-order chi connectivity index (χ0) is 38.3. The molecule has 0 bridgehead atoms. The van der Waals surface area contributed by atoms with E-state index in [4.69, 9.17) is 30.2 Å². The van der Waals surface area contributed by atoms with Gasteiger partial charge >= 0.3 is 0 Å². The number of allylic oxidation sites excluding steroid dienone is 2. The summed E-state index contributed by atoms with van der Waals surface area (Å²) in [7, 11) is 0. The van der Waals surface area contributed by atoms with Crippen LogP contribution in [0.3, 0.4) is 0 Å². The average Bonchev–Trinajstić information content (AvgIpc) is 3.17. The topological polar surface area (TPSA) is 78.5 Å². The highest BCUT2D eigenvalue weighted by molar-refractivity contribution is 5.76. The molecule has 3 aromatic heterocycles. The summed E-state index contributed by atoms with van der Waals surface area (Å²) >= 11 is 0. The van der Waals surface area contributed by atoms with Crippen molar-refractivity contribution in [3.05, 3.63) is 161 Å². The number of pyridine rings is 2. The minimum Gasteiger partial charge on any atom is -0.681 e. The quantitative estimate of drug-likeness (QED) is 0.172. The first-order chi connectivity index (χ1) is 25.6. The summed E-state index contributed by atoms with van der Waals surface area (Å²) < 4.78 is 0. The summed E-state index contributed by atoms with van der Waals surface area (Å²) in [5, 5.41) is 4.91. The number of hydrogen-bond acceptors (Lipinski definition) is 5. The molecule has 0 radical (unpaired) electrons. The molecular weight excluding hydrogens is 661 g/mol. The van der Waals surface area contributed by atoms with Crippen LogP contribution in [-0.2, 0) is 16.2 Å². The first-order valence-corrected chi connectivity index (χ1v) is 18.7. The van der Waals surface area contributed by atoms with Crippen LogP contribution in [0.1, 0.15) is 96.4 Å². The van der Waals surface area contributed by atoms with Crippen molar-refractivity contribution in [3.63, 3.8) is 0 Å². The van der Waals surface area contributed by atoms with Gasteiger partial charge in [-0.1, -0.05) is 159 Å². The molecule has 0 spiro atoms. The third-order valence-corrected chi connectivity index (χ3v) is 9.98. The maximum absolute atomic E-state index is 4.96. The molecule has 54 heavy (non-hydrogen) atoms. The number of rotatable bonds is 6. The molecule has 6 nitrogen and oxygen atoms in total. The van der Waals surface area contributed by atoms with E-state index in [-0.39, 0.29) is 22.3 Å². The summed E-state index contributed by atoms with van der Waals surface area (Å²) in [5.41, 5.74) is 11.6. The first-order valence-electron chi connectivity index (χ1n) is 18.7. The summed E-state index contributed by atoms with van der Waals surface area (Å²) in [6.45, 7) is 20.0. The van der Waals surface area contributed by atoms with Gasteiger partial charge in [0, 0.05) is 34.6 Å². The van der Waals surface area contributed by atoms with Crippen LogP contribution in [0.4, 0.5) is 0 Å². The van der Waals surface area contributed by atoms with Crippen LogP contribution < -0.4 is 0 Å². The third kappa shape index (κ3) is 8.08. The van der Waals surface area contributed by atoms with Gasteiger partial charge in [-0.15, -0.1) is 0 Å². The van der Waals surface area contributed by atoms with Crippen molar-refractivity contribution >= 4 is 5.57 Å². The zero-order valence-corrected chi connectivity index (χ0v) is 32.9. The maximum Gasteiger partial charge on any atom is 0.165 e. The second-order valence-corrected chi connectivity index (χ2v) is 17.2. The van der Waals surface area contributed by atoms with Gasteiger partial charge in [-0.3, -0.25) is 9.97 Å². The lowest BCUT2D eigenvalue weighted by Gasteiger charge is -2.32. The second kappa shape index (κ2) is 14.2. The van der Waals surface area contributed by atoms with Gasteiger partial charge in [0.1, 0.15) is 0 Å². The lowest BCUT2D eigenvalue weighted by molar-refractivity contribution is 0.589. The molecule has 272 valence electrons. The highest BCUT2D eigenvalue weighted by Gasteiger charge is 2.18. The van der Waals surface area contributed by atoms with Gasteiger partial charge in [-0.25, -0.2) is 15.0 Å². The Kier molecular flexibility index (Phi) is 9.65. The molecule has 6 heteroatoms. The molecule has 3 aromatic carbocycles. The minimum atomic E-state index is -0.0769. The fraction of sp³-hybridized carbons (Fsp3) is 0.271. The minimum absolute atomic E-state index is 0.0769. The molecule has 1 unspecified atom stereocenters. The van der Waals surface area contributed by atoms with Crippen molar-refractivity contribution in [3.8, 4) is 45.3 Å². The van der Waals surface area contributed by atoms with E-state index >= 15 is 0 Å². The van der Waals surface area contributed by atoms with E-state index in [0.29, 0.717) is 17.5 Å². The molecule has 0 saturated heterocycles. The number of aromatic nitrogens is 5. The normalized spacial score (nSPS) is 14.8. The summed E-state index contributed by atoms with van der Waals surface area (Å²) in [6.07, 6.45) is 9.71. The SMILES string of the molecule is CC(C)(C)c1ccc(-c2ccc(-c3nc(C4=C[N-]C(c5ccc(C(C)(C)C)cc5)C=C4)nc(-c4ccc(-c5ccc(C(C)(C)C)cc5)nc4)n3)cn2)cc1. The Morgan fingerprint density at radius 2 is 0.833 bits per heavy atom. The molecule has 0 amide bonds. The molecule has 1 atom stereocenters. The van der Waals surface area contributed by atoms with Crippen LogP contribution in [0.15, 0.2) is 128 Å². The third-order valence-electron chi connectivity index (χ3n) is 9.98. The van der Waals surface area contributed by atoms with Crippen molar-refractivity contribution in [2.75, 3.05) is 0 Å². The lowest BCUT2D eigenvalue weighted by Crippen LogP contribution is -2.11. The van der Waals surface area contributed by atoms with E-state index < -0.39 is 0 Å². The molecule has 7 rings (SSSR count). The summed E-state index contributed by atoms with van der Waals surface area (Å²) in [5.74, 6) is 1.61. The summed E-state index contributed by atoms with van der Waals surface area (Å²) in [4.78, 5) is 24.5. The van der Waals surface area contributed by atoms with Crippen molar-refractivity contribution in [1.82, 2.24) is 24.9 Å². The van der Waals surface area contributed by atoms with E-state index in [9.17, 15) is 0 Å². The van der Waals surface area contributed by atoms with Crippen LogP contribution in [-0.4, -0.2) is 24.9 Å². The maximum atomic E-state index is 4.96. The number of nitrogens with zero attached hydrogens (tertiary/aromatic N) is 6. The predicted molar refractivity (Wildman–Crippen MR) is 223 cm³/mol. The zero-order valence-electron chi connectivity index (χ0n) is 32.9. The Hall–Kier alpha value is -5.75. The lowest BCUT2D eigenvalue weighted by atomic mass is 9.86.